The van der Waals surface area contributed by atoms with Crippen molar-refractivity contribution in [2.75, 3.05) is 6.54 Å². The van der Waals surface area contributed by atoms with Crippen molar-refractivity contribution in [3.8, 4) is 0 Å². The number of nitrogens with one attached hydrogen (secondary N) is 1. The Morgan fingerprint density at radius 1 is 1.39 bits per heavy atom. The van der Waals surface area contributed by atoms with Crippen molar-refractivity contribution in [3.05, 3.63) is 0 Å². The first kappa shape index (κ1) is 15.0. The third-order valence-electron chi connectivity index (χ3n) is 3.50. The Morgan fingerprint density at radius 3 is 2.50 bits per heavy atom. The number of rotatable bonds is 5. The summed E-state index contributed by atoms with van der Waals surface area (Å²) < 4.78 is 0. The fraction of sp³-hybridized carbons (Fsp3) is 0.857. The molecular formula is C14H26N2O2. The molecule has 4 nitrogen and oxygen atoms in total. The molecule has 4 heteroatoms. The van der Waals surface area contributed by atoms with Gasteiger partial charge in [-0.1, -0.05) is 27.2 Å². The Labute approximate surface area is 110 Å². The van der Waals surface area contributed by atoms with Gasteiger partial charge in [0.25, 0.3) is 0 Å². The molecule has 0 aliphatic carbocycles. The van der Waals surface area contributed by atoms with E-state index in [2.05, 4.69) is 26.1 Å². The lowest BCUT2D eigenvalue weighted by Crippen LogP contribution is -2.63. The van der Waals surface area contributed by atoms with Gasteiger partial charge in [0.1, 0.15) is 12.6 Å². The van der Waals surface area contributed by atoms with E-state index in [0.717, 1.165) is 12.8 Å². The summed E-state index contributed by atoms with van der Waals surface area (Å²) in [4.78, 5) is 25.9. The molecule has 0 bridgehead atoms. The van der Waals surface area contributed by atoms with E-state index in [1.54, 1.807) is 4.90 Å². The molecular weight excluding hydrogens is 228 g/mol. The van der Waals surface area contributed by atoms with Crippen LogP contribution in [0.1, 0.15) is 53.9 Å². The van der Waals surface area contributed by atoms with E-state index in [9.17, 15) is 9.59 Å². The summed E-state index contributed by atoms with van der Waals surface area (Å²) >= 11 is 0. The van der Waals surface area contributed by atoms with Crippen molar-refractivity contribution in [2.24, 2.45) is 5.92 Å². The maximum Gasteiger partial charge on any atom is 0.246 e. The lowest BCUT2D eigenvalue weighted by Gasteiger charge is -2.43. The van der Waals surface area contributed by atoms with Crippen molar-refractivity contribution >= 4 is 11.8 Å². The molecule has 0 spiro atoms. The van der Waals surface area contributed by atoms with Crippen LogP contribution in [0.25, 0.3) is 0 Å². The summed E-state index contributed by atoms with van der Waals surface area (Å²) in [5.41, 5.74) is -0.237. The zero-order chi connectivity index (χ0) is 13.9. The molecule has 1 aliphatic rings. The van der Waals surface area contributed by atoms with Crippen LogP contribution in [0.15, 0.2) is 0 Å². The minimum atomic E-state index is -0.345. The van der Waals surface area contributed by atoms with E-state index >= 15 is 0 Å². The van der Waals surface area contributed by atoms with E-state index in [1.807, 2.05) is 13.8 Å². The van der Waals surface area contributed by atoms with Crippen molar-refractivity contribution in [1.82, 2.24) is 10.2 Å². The molecule has 1 fully saturated rings. The first-order valence-corrected chi connectivity index (χ1v) is 6.88. The second-order valence-corrected chi connectivity index (χ2v) is 6.24. The first-order valence-electron chi connectivity index (χ1n) is 6.88. The second kappa shape index (κ2) is 5.72. The molecule has 0 radical (unpaired) electrons. The fourth-order valence-electron chi connectivity index (χ4n) is 2.60. The van der Waals surface area contributed by atoms with Gasteiger partial charge < -0.3 is 10.2 Å². The molecule has 0 aromatic rings. The van der Waals surface area contributed by atoms with Gasteiger partial charge in [0.05, 0.1) is 0 Å². The largest absolute Gasteiger partial charge is 0.343 e. The summed E-state index contributed by atoms with van der Waals surface area (Å²) in [6.07, 6.45) is 2.64. The topological polar surface area (TPSA) is 49.4 Å². The molecule has 1 saturated heterocycles. The highest BCUT2D eigenvalue weighted by Gasteiger charge is 2.39. The third-order valence-corrected chi connectivity index (χ3v) is 3.50. The van der Waals surface area contributed by atoms with Gasteiger partial charge in [-0.15, -0.1) is 0 Å². The SMILES string of the molecule is CCCC(C)(C)N1CC(=O)NC(CC(C)C)C1=O. The van der Waals surface area contributed by atoms with Gasteiger partial charge in [0.2, 0.25) is 11.8 Å². The van der Waals surface area contributed by atoms with Gasteiger partial charge in [0, 0.05) is 5.54 Å². The molecule has 104 valence electrons. The minimum Gasteiger partial charge on any atom is -0.343 e. The summed E-state index contributed by atoms with van der Waals surface area (Å²) in [6.45, 7) is 10.5. The number of hydrogen-bond acceptors (Lipinski definition) is 2. The average molecular weight is 254 g/mol. The lowest BCUT2D eigenvalue weighted by atomic mass is 9.92. The van der Waals surface area contributed by atoms with Crippen LogP contribution in [0.2, 0.25) is 0 Å². The zero-order valence-electron chi connectivity index (χ0n) is 12.2. The summed E-state index contributed by atoms with van der Waals surface area (Å²) in [5, 5.41) is 2.81. The standard InChI is InChI=1S/C14H26N2O2/c1-6-7-14(4,5)16-9-12(17)15-11(13(16)18)8-10(2)3/h10-11H,6-9H2,1-5H3,(H,15,17). The highest BCUT2D eigenvalue weighted by atomic mass is 16.2. The molecule has 18 heavy (non-hydrogen) atoms. The molecule has 1 N–H and O–H groups in total. The monoisotopic (exact) mass is 254 g/mol. The van der Waals surface area contributed by atoms with Crippen LogP contribution in [0, 0.1) is 5.92 Å². The van der Waals surface area contributed by atoms with Crippen LogP contribution in [-0.4, -0.2) is 34.8 Å². The number of hydrogen-bond donors (Lipinski definition) is 1. The van der Waals surface area contributed by atoms with Gasteiger partial charge in [-0.2, -0.15) is 0 Å². The molecule has 0 saturated carbocycles. The van der Waals surface area contributed by atoms with E-state index in [1.165, 1.54) is 0 Å². The molecule has 1 heterocycles. The quantitative estimate of drug-likeness (QED) is 0.815. The Bertz CT molecular complexity index is 324. The number of carbonyl (C=O) groups is 2. The van der Waals surface area contributed by atoms with Crippen LogP contribution in [-0.2, 0) is 9.59 Å². The van der Waals surface area contributed by atoms with Crippen LogP contribution in [0.5, 0.6) is 0 Å². The van der Waals surface area contributed by atoms with Crippen LogP contribution in [0.3, 0.4) is 0 Å². The van der Waals surface area contributed by atoms with Crippen molar-refractivity contribution in [3.63, 3.8) is 0 Å². The number of amides is 2. The molecule has 2 amide bonds. The van der Waals surface area contributed by atoms with E-state index < -0.39 is 0 Å². The van der Waals surface area contributed by atoms with Gasteiger partial charge in [-0.05, 0) is 32.6 Å². The molecule has 1 unspecified atom stereocenters. The second-order valence-electron chi connectivity index (χ2n) is 6.24. The summed E-state index contributed by atoms with van der Waals surface area (Å²) in [5.74, 6) is 0.430. The van der Waals surface area contributed by atoms with Crippen LogP contribution < -0.4 is 5.32 Å². The van der Waals surface area contributed by atoms with Gasteiger partial charge in [-0.3, -0.25) is 9.59 Å². The van der Waals surface area contributed by atoms with Crippen LogP contribution >= 0.6 is 0 Å². The van der Waals surface area contributed by atoms with E-state index in [4.69, 9.17) is 0 Å². The predicted octanol–water partition coefficient (Wildman–Crippen LogP) is 1.94. The third kappa shape index (κ3) is 3.47. The fourth-order valence-corrected chi connectivity index (χ4v) is 2.60. The summed E-state index contributed by atoms with van der Waals surface area (Å²) in [7, 11) is 0. The summed E-state index contributed by atoms with van der Waals surface area (Å²) in [6, 6.07) is -0.345. The molecule has 0 aromatic carbocycles. The Hall–Kier alpha value is -1.06. The van der Waals surface area contributed by atoms with E-state index in [0.29, 0.717) is 12.3 Å². The normalized spacial score (nSPS) is 21.4. The van der Waals surface area contributed by atoms with E-state index in [-0.39, 0.29) is 29.9 Å². The van der Waals surface area contributed by atoms with Gasteiger partial charge in [-0.25, -0.2) is 0 Å². The number of carbonyl (C=O) groups excluding carboxylic acids is 2. The molecule has 1 atom stereocenters. The van der Waals surface area contributed by atoms with Gasteiger partial charge in [0.15, 0.2) is 0 Å². The molecule has 0 aromatic heterocycles. The minimum absolute atomic E-state index is 0.0376. The van der Waals surface area contributed by atoms with Crippen molar-refractivity contribution < 1.29 is 9.59 Å². The average Bonchev–Trinajstić information content (AvgIpc) is 2.21. The predicted molar refractivity (Wildman–Crippen MR) is 72.1 cm³/mol. The molecule has 1 aliphatic heterocycles. The Morgan fingerprint density at radius 2 is 2.00 bits per heavy atom. The number of piperazine rings is 1. The lowest BCUT2D eigenvalue weighted by molar-refractivity contribution is -0.150. The highest BCUT2D eigenvalue weighted by Crippen LogP contribution is 2.24. The van der Waals surface area contributed by atoms with Gasteiger partial charge >= 0.3 is 0 Å². The smallest absolute Gasteiger partial charge is 0.246 e. The Balaban J connectivity index is 2.85. The highest BCUT2D eigenvalue weighted by molar-refractivity contribution is 5.95. The number of nitrogens with zero attached hydrogens (tertiary/aromatic N) is 1. The molecule has 1 rings (SSSR count). The van der Waals surface area contributed by atoms with Crippen molar-refractivity contribution in [1.29, 1.82) is 0 Å². The zero-order valence-corrected chi connectivity index (χ0v) is 12.2. The van der Waals surface area contributed by atoms with Crippen LogP contribution in [0.4, 0.5) is 0 Å². The maximum absolute atomic E-state index is 12.4. The Kier molecular flexibility index (Phi) is 4.77. The van der Waals surface area contributed by atoms with Crippen molar-refractivity contribution in [2.45, 2.75) is 65.5 Å². The first-order chi connectivity index (χ1) is 8.27. The maximum atomic E-state index is 12.4.